The van der Waals surface area contributed by atoms with Gasteiger partial charge < -0.3 is 9.57 Å². The monoisotopic (exact) mass is 338 g/mol. The highest BCUT2D eigenvalue weighted by molar-refractivity contribution is 6.24. The van der Waals surface area contributed by atoms with Crippen molar-refractivity contribution in [3.8, 4) is 5.75 Å². The minimum atomic E-state index is -0.462. The second-order valence-electron chi connectivity index (χ2n) is 5.39. The summed E-state index contributed by atoms with van der Waals surface area (Å²) in [4.78, 5) is 26.3. The zero-order valence-corrected chi connectivity index (χ0v) is 13.3. The molecule has 0 saturated heterocycles. The van der Waals surface area contributed by atoms with Crippen LogP contribution in [0.1, 0.15) is 18.1 Å². The maximum atomic E-state index is 11.5. The third-order valence-electron chi connectivity index (χ3n) is 3.62. The lowest BCUT2D eigenvalue weighted by atomic mass is 10.1. The first-order valence-electron chi connectivity index (χ1n) is 7.47. The Morgan fingerprint density at radius 1 is 1.16 bits per heavy atom. The summed E-state index contributed by atoms with van der Waals surface area (Å²) in [5.74, 6) is 0.191. The number of hydrogen-bond donors (Lipinski definition) is 0. The van der Waals surface area contributed by atoms with Crippen LogP contribution in [0.3, 0.4) is 0 Å². The van der Waals surface area contributed by atoms with Crippen LogP contribution in [-0.4, -0.2) is 16.6 Å². The molecule has 0 saturated carbocycles. The third kappa shape index (κ3) is 3.89. The van der Waals surface area contributed by atoms with E-state index in [2.05, 4.69) is 9.99 Å². The van der Waals surface area contributed by atoms with Crippen LogP contribution in [0.2, 0.25) is 0 Å². The van der Waals surface area contributed by atoms with Gasteiger partial charge in [0.25, 0.3) is 5.69 Å². The molecule has 0 N–H and O–H groups in total. The van der Waals surface area contributed by atoms with Crippen LogP contribution >= 0.6 is 0 Å². The van der Waals surface area contributed by atoms with Crippen molar-refractivity contribution < 1.29 is 19.3 Å². The molecule has 25 heavy (non-hydrogen) atoms. The quantitative estimate of drug-likeness (QED) is 0.360. The van der Waals surface area contributed by atoms with E-state index in [0.29, 0.717) is 23.6 Å². The first kappa shape index (κ1) is 16.4. The lowest BCUT2D eigenvalue weighted by Gasteiger charge is -2.06. The molecule has 7 nitrogen and oxygen atoms in total. The Kier molecular flexibility index (Phi) is 4.56. The molecule has 1 aliphatic heterocycles. The number of nitrogens with zero attached hydrogens (tertiary/aromatic N) is 2. The Labute approximate surface area is 143 Å². The van der Waals surface area contributed by atoms with Gasteiger partial charge in [0.15, 0.2) is 0 Å². The Morgan fingerprint density at radius 2 is 1.84 bits per heavy atom. The van der Waals surface area contributed by atoms with Crippen molar-refractivity contribution in [3.05, 3.63) is 75.3 Å². The zero-order valence-electron chi connectivity index (χ0n) is 13.3. The Balaban J connectivity index is 1.63. The van der Waals surface area contributed by atoms with Crippen molar-refractivity contribution in [3.63, 3.8) is 0 Å². The van der Waals surface area contributed by atoms with Gasteiger partial charge in [-0.3, -0.25) is 10.1 Å². The van der Waals surface area contributed by atoms with Gasteiger partial charge in [-0.05, 0) is 48.4 Å². The average Bonchev–Trinajstić information content (AvgIpc) is 2.93. The first-order valence-corrected chi connectivity index (χ1v) is 7.47. The van der Waals surface area contributed by atoms with Crippen molar-refractivity contribution in [2.75, 3.05) is 0 Å². The summed E-state index contributed by atoms with van der Waals surface area (Å²) >= 11 is 0. The van der Waals surface area contributed by atoms with E-state index in [1.165, 1.54) is 12.1 Å². The first-order chi connectivity index (χ1) is 12.0. The van der Waals surface area contributed by atoms with Gasteiger partial charge in [-0.25, -0.2) is 4.79 Å². The molecule has 7 heteroatoms. The predicted octanol–water partition coefficient (Wildman–Crippen LogP) is 3.49. The van der Waals surface area contributed by atoms with Crippen LogP contribution in [0, 0.1) is 10.1 Å². The summed E-state index contributed by atoms with van der Waals surface area (Å²) in [6.45, 7) is 2.01. The van der Waals surface area contributed by atoms with E-state index in [4.69, 9.17) is 4.74 Å². The van der Waals surface area contributed by atoms with Gasteiger partial charge in [-0.15, -0.1) is 0 Å². The molecule has 0 aromatic heterocycles. The molecule has 0 unspecified atom stereocenters. The molecule has 0 amide bonds. The standard InChI is InChI=1S/C18H14N2O5/c1-12-17(18(21)25-19-12)10-13-4-8-16(9-5-13)24-11-14-2-6-15(7-3-14)20(22)23/h2-10H,11H2,1H3/b17-10+. The molecule has 0 atom stereocenters. The fraction of sp³-hybridized carbons (Fsp3) is 0.111. The normalized spacial score (nSPS) is 15.0. The highest BCUT2D eigenvalue weighted by Crippen LogP contribution is 2.19. The van der Waals surface area contributed by atoms with E-state index in [-0.39, 0.29) is 5.69 Å². The van der Waals surface area contributed by atoms with Gasteiger partial charge in [0.2, 0.25) is 0 Å². The van der Waals surface area contributed by atoms with Gasteiger partial charge in [-0.1, -0.05) is 17.3 Å². The molecule has 0 aliphatic carbocycles. The molecule has 2 aromatic carbocycles. The summed E-state index contributed by atoms with van der Waals surface area (Å²) in [6, 6.07) is 13.4. The number of ether oxygens (including phenoxy) is 1. The van der Waals surface area contributed by atoms with Crippen molar-refractivity contribution >= 4 is 23.4 Å². The van der Waals surface area contributed by atoms with Crippen LogP contribution in [0.5, 0.6) is 5.75 Å². The SMILES string of the molecule is CC1=NOC(=O)/C1=C/c1ccc(OCc2ccc([N+](=O)[O-])cc2)cc1. The van der Waals surface area contributed by atoms with Crippen LogP contribution in [0.4, 0.5) is 5.69 Å². The zero-order chi connectivity index (χ0) is 17.8. The molecule has 3 rings (SSSR count). The Bertz CT molecular complexity index is 867. The number of hydrogen-bond acceptors (Lipinski definition) is 6. The topological polar surface area (TPSA) is 91.0 Å². The highest BCUT2D eigenvalue weighted by Gasteiger charge is 2.21. The van der Waals surface area contributed by atoms with Gasteiger partial charge in [0.05, 0.1) is 16.2 Å². The summed E-state index contributed by atoms with van der Waals surface area (Å²) in [5.41, 5.74) is 2.68. The van der Waals surface area contributed by atoms with Gasteiger partial charge >= 0.3 is 5.97 Å². The minimum Gasteiger partial charge on any atom is -0.489 e. The molecule has 1 aliphatic rings. The molecule has 0 radical (unpaired) electrons. The van der Waals surface area contributed by atoms with Crippen molar-refractivity contribution in [1.29, 1.82) is 0 Å². The Hall–Kier alpha value is -3.48. The fourth-order valence-electron chi connectivity index (χ4n) is 2.23. The summed E-state index contributed by atoms with van der Waals surface area (Å²) < 4.78 is 5.65. The smallest absolute Gasteiger partial charge is 0.367 e. The van der Waals surface area contributed by atoms with E-state index in [0.717, 1.165) is 11.1 Å². The maximum Gasteiger partial charge on any atom is 0.367 e. The number of nitro benzene ring substituents is 1. The lowest BCUT2D eigenvalue weighted by molar-refractivity contribution is -0.384. The van der Waals surface area contributed by atoms with Gasteiger partial charge in [0, 0.05) is 12.1 Å². The highest BCUT2D eigenvalue weighted by atomic mass is 16.7. The second kappa shape index (κ2) is 6.96. The molecule has 1 heterocycles. The molecule has 0 fully saturated rings. The number of oxime groups is 1. The minimum absolute atomic E-state index is 0.0467. The van der Waals surface area contributed by atoms with Crippen LogP contribution in [-0.2, 0) is 16.2 Å². The Morgan fingerprint density at radius 3 is 2.40 bits per heavy atom. The van der Waals surface area contributed by atoms with E-state index in [9.17, 15) is 14.9 Å². The number of carbonyl (C=O) groups is 1. The van der Waals surface area contributed by atoms with Crippen LogP contribution in [0.15, 0.2) is 59.3 Å². The molecular weight excluding hydrogens is 324 g/mol. The summed E-state index contributed by atoms with van der Waals surface area (Å²) in [5, 5.41) is 14.2. The van der Waals surface area contributed by atoms with Crippen LogP contribution in [0.25, 0.3) is 6.08 Å². The predicted molar refractivity (Wildman–Crippen MR) is 91.0 cm³/mol. The molecule has 0 bridgehead atoms. The van der Waals surface area contributed by atoms with Crippen molar-refractivity contribution in [2.24, 2.45) is 5.16 Å². The van der Waals surface area contributed by atoms with E-state index in [1.54, 1.807) is 37.3 Å². The second-order valence-corrected chi connectivity index (χ2v) is 5.39. The molecule has 126 valence electrons. The number of nitro groups is 1. The number of carbonyl (C=O) groups excluding carboxylic acids is 1. The number of rotatable bonds is 5. The van der Waals surface area contributed by atoms with E-state index < -0.39 is 10.9 Å². The largest absolute Gasteiger partial charge is 0.489 e. The summed E-state index contributed by atoms with van der Waals surface area (Å²) in [7, 11) is 0. The lowest BCUT2D eigenvalue weighted by Crippen LogP contribution is -2.01. The van der Waals surface area contributed by atoms with Crippen LogP contribution < -0.4 is 4.74 Å². The maximum absolute atomic E-state index is 11.5. The fourth-order valence-corrected chi connectivity index (χ4v) is 2.23. The molecule has 2 aromatic rings. The van der Waals surface area contributed by atoms with Gasteiger partial charge in [0.1, 0.15) is 12.4 Å². The number of benzene rings is 2. The van der Waals surface area contributed by atoms with E-state index in [1.807, 2.05) is 12.1 Å². The molecule has 0 spiro atoms. The van der Waals surface area contributed by atoms with Crippen molar-refractivity contribution in [1.82, 2.24) is 0 Å². The number of non-ortho nitro benzene ring substituents is 1. The third-order valence-corrected chi connectivity index (χ3v) is 3.62. The average molecular weight is 338 g/mol. The van der Waals surface area contributed by atoms with E-state index >= 15 is 0 Å². The molecular formula is C18H14N2O5. The van der Waals surface area contributed by atoms with Crippen molar-refractivity contribution in [2.45, 2.75) is 13.5 Å². The summed E-state index contributed by atoms with van der Waals surface area (Å²) in [6.07, 6.45) is 1.70. The van der Waals surface area contributed by atoms with Gasteiger partial charge in [-0.2, -0.15) is 0 Å².